The van der Waals surface area contributed by atoms with Crippen molar-refractivity contribution < 1.29 is 32.3 Å². The molecule has 36 heavy (non-hydrogen) atoms. The van der Waals surface area contributed by atoms with Crippen molar-refractivity contribution in [2.45, 2.75) is 53.5 Å². The third-order valence-corrected chi connectivity index (χ3v) is 7.29. The summed E-state index contributed by atoms with van der Waals surface area (Å²) in [4.78, 5) is 4.70. The Morgan fingerprint density at radius 3 is 2.53 bits per heavy atom. The molecule has 182 valence electrons. The smallest absolute Gasteiger partial charge is 0.227 e. The summed E-state index contributed by atoms with van der Waals surface area (Å²) in [7, 11) is 1.55. The molecule has 6 rings (SSSR count). The summed E-state index contributed by atoms with van der Waals surface area (Å²) in [5.41, 5.74) is -2.76. The predicted octanol–water partition coefficient (Wildman–Crippen LogP) is 7.98. The van der Waals surface area contributed by atoms with Gasteiger partial charge in [-0.15, -0.1) is 0 Å². The summed E-state index contributed by atoms with van der Waals surface area (Å²) in [5.74, 6) is -6.62. The van der Waals surface area contributed by atoms with Crippen LogP contribution in [-0.2, 0) is 12.5 Å². The minimum Gasteiger partial charge on any atom is -0.437 e. The fourth-order valence-corrected chi connectivity index (χ4v) is 5.56. The van der Waals surface area contributed by atoms with E-state index in [0.29, 0.717) is 21.9 Å². The third kappa shape index (κ3) is 2.86. The van der Waals surface area contributed by atoms with Gasteiger partial charge in [-0.05, 0) is 60.7 Å². The molecule has 3 heterocycles. The summed E-state index contributed by atoms with van der Waals surface area (Å²) < 4.78 is 152. The number of nitrogens with zero attached hydrogens (tertiary/aromatic N) is 2. The highest BCUT2D eigenvalue weighted by Gasteiger charge is 2.49. The Morgan fingerprint density at radius 1 is 0.944 bits per heavy atom. The van der Waals surface area contributed by atoms with Gasteiger partial charge in [0.1, 0.15) is 7.05 Å². The van der Waals surface area contributed by atoms with Crippen LogP contribution in [0.3, 0.4) is 0 Å². The zero-order valence-corrected chi connectivity index (χ0v) is 20.0. The van der Waals surface area contributed by atoms with E-state index in [4.69, 9.17) is 30.0 Å². The zero-order chi connectivity index (χ0) is 39.9. The Morgan fingerprint density at radius 2 is 1.75 bits per heavy atom. The van der Waals surface area contributed by atoms with E-state index in [2.05, 4.69) is 0 Å². The fraction of sp³-hybridized carbons (Fsp3) is 0.333. The van der Waals surface area contributed by atoms with Crippen LogP contribution >= 0.6 is 0 Å². The highest BCUT2D eigenvalue weighted by Crippen LogP contribution is 2.56. The van der Waals surface area contributed by atoms with Crippen LogP contribution in [0.25, 0.3) is 44.5 Å². The molecule has 0 fully saturated rings. The number of fused-ring (bicyclic) bond motifs is 6. The van der Waals surface area contributed by atoms with Crippen LogP contribution in [0.5, 0.6) is 0 Å². The Labute approximate surface area is 237 Å². The number of rotatable bonds is 3. The lowest BCUT2D eigenvalue weighted by Crippen LogP contribution is -2.38. The normalized spacial score (nSPS) is 27.6. The second-order valence-corrected chi connectivity index (χ2v) is 9.37. The fourth-order valence-electron chi connectivity index (χ4n) is 5.56. The second kappa shape index (κ2) is 7.77. The first kappa shape index (κ1) is 10.9. The van der Waals surface area contributed by atoms with Gasteiger partial charge in [0.15, 0.2) is 11.8 Å². The molecule has 1 aliphatic carbocycles. The average Bonchev–Trinajstić information content (AvgIpc) is 3.50. The lowest BCUT2D eigenvalue weighted by Gasteiger charge is -2.39. The molecule has 0 spiro atoms. The van der Waals surface area contributed by atoms with Gasteiger partial charge in [-0.25, -0.2) is 9.55 Å². The summed E-state index contributed by atoms with van der Waals surface area (Å²) in [5, 5.41) is 0.775. The molecule has 0 N–H and O–H groups in total. The third-order valence-electron chi connectivity index (χ3n) is 7.29. The van der Waals surface area contributed by atoms with Gasteiger partial charge >= 0.3 is 0 Å². The van der Waals surface area contributed by atoms with Crippen molar-refractivity contribution >= 4 is 22.1 Å². The molecular formula is C33H35N2O+. The Bertz CT molecular complexity index is 2290. The average molecular weight is 493 g/mol. The van der Waals surface area contributed by atoms with Gasteiger partial charge in [0.25, 0.3) is 0 Å². The SMILES string of the molecule is [2H]C([2H])([2H])c1cc(-c2c(C)ccc3c2oc2nc4c(cc23)-c2ccccc2C4(C([2H])(C)C([2H])([2H])[2H])C([2H])(C([2H])([2H])[2H])C([2H])([2H])[2H])[n+](C)cc1C([2H])([2H])[2H]. The molecule has 0 bridgehead atoms. The number of aromatic nitrogens is 2. The van der Waals surface area contributed by atoms with Crippen LogP contribution in [0.1, 0.15) is 78.7 Å². The van der Waals surface area contributed by atoms with Gasteiger partial charge in [0, 0.05) is 56.7 Å². The summed E-state index contributed by atoms with van der Waals surface area (Å²) >= 11 is 0. The Balaban J connectivity index is 1.80. The van der Waals surface area contributed by atoms with Crippen molar-refractivity contribution in [3.63, 3.8) is 0 Å². The molecule has 0 radical (unpaired) electrons. The topological polar surface area (TPSA) is 29.9 Å². The maximum absolute atomic E-state index is 9.56. The van der Waals surface area contributed by atoms with Gasteiger partial charge in [0.05, 0.1) is 11.3 Å². The number of hydrogen-bond acceptors (Lipinski definition) is 2. The second-order valence-electron chi connectivity index (χ2n) is 9.37. The van der Waals surface area contributed by atoms with E-state index in [9.17, 15) is 2.74 Å². The lowest BCUT2D eigenvalue weighted by atomic mass is 9.64. The largest absolute Gasteiger partial charge is 0.437 e. The van der Waals surface area contributed by atoms with E-state index in [1.54, 1.807) is 38.2 Å². The van der Waals surface area contributed by atoms with Gasteiger partial charge in [-0.3, -0.25) is 0 Å². The van der Waals surface area contributed by atoms with Crippen molar-refractivity contribution in [1.82, 2.24) is 4.98 Å². The maximum Gasteiger partial charge on any atom is 0.227 e. The van der Waals surface area contributed by atoms with E-state index in [-0.39, 0.29) is 39.2 Å². The zero-order valence-electron chi connectivity index (χ0n) is 37.0. The summed E-state index contributed by atoms with van der Waals surface area (Å²) in [6.45, 7) is -13.6. The molecule has 0 saturated heterocycles. The molecule has 2 unspecified atom stereocenters. The van der Waals surface area contributed by atoms with Gasteiger partial charge in [0.2, 0.25) is 11.4 Å². The molecule has 2 atom stereocenters. The van der Waals surface area contributed by atoms with Gasteiger partial charge in [-0.1, -0.05) is 63.9 Å². The van der Waals surface area contributed by atoms with E-state index < -0.39 is 62.7 Å². The molecule has 2 aromatic carbocycles. The Hall–Kier alpha value is -3.46. The van der Waals surface area contributed by atoms with Crippen molar-refractivity contribution in [2.75, 3.05) is 0 Å². The van der Waals surface area contributed by atoms with Crippen molar-refractivity contribution in [2.24, 2.45) is 18.8 Å². The standard InChI is InChI=1S/C33H35N2O/c1-18(2)33(19(3)4)27-12-10-9-11-23(27)25-16-26-24-14-13-20(5)29(30(24)36-32(26)34-31(25)33)28-15-21(6)22(7)17-35(28)8/h9-19H,1-8H3/q+1/i1D3,2D3,3D3,6D3,7D3,18D,19D. The minimum atomic E-state index is -3.69. The number of benzene rings is 2. The van der Waals surface area contributed by atoms with Crippen LogP contribution in [-0.4, -0.2) is 4.98 Å². The highest BCUT2D eigenvalue weighted by atomic mass is 16.3. The molecule has 5 aromatic rings. The van der Waals surface area contributed by atoms with Gasteiger partial charge < -0.3 is 4.42 Å². The van der Waals surface area contributed by atoms with Crippen LogP contribution in [0.2, 0.25) is 0 Å². The van der Waals surface area contributed by atoms with E-state index in [1.807, 2.05) is 0 Å². The van der Waals surface area contributed by atoms with Gasteiger partial charge in [-0.2, -0.15) is 0 Å². The Kier molecular flexibility index (Phi) is 2.35. The van der Waals surface area contributed by atoms with Crippen molar-refractivity contribution in [3.8, 4) is 22.4 Å². The van der Waals surface area contributed by atoms with Crippen LogP contribution < -0.4 is 4.57 Å². The summed E-state index contributed by atoms with van der Waals surface area (Å²) in [6, 6.07) is 12.1. The number of aryl methyl sites for hydroxylation is 4. The van der Waals surface area contributed by atoms with Crippen molar-refractivity contribution in [3.05, 3.63) is 82.7 Å². The molecule has 3 nitrogen and oxygen atoms in total. The van der Waals surface area contributed by atoms with Crippen LogP contribution in [0.4, 0.5) is 0 Å². The molecule has 0 amide bonds. The van der Waals surface area contributed by atoms with E-state index in [0.717, 1.165) is 6.92 Å². The predicted molar refractivity (Wildman–Crippen MR) is 148 cm³/mol. The monoisotopic (exact) mass is 492 g/mol. The first-order valence-electron chi connectivity index (χ1n) is 20.0. The minimum absolute atomic E-state index is 0.114. The van der Waals surface area contributed by atoms with Crippen LogP contribution in [0, 0.1) is 32.4 Å². The van der Waals surface area contributed by atoms with Crippen molar-refractivity contribution in [1.29, 1.82) is 0 Å². The first-order chi connectivity index (χ1) is 23.9. The van der Waals surface area contributed by atoms with E-state index >= 15 is 0 Å². The highest BCUT2D eigenvalue weighted by molar-refractivity contribution is 6.10. The molecule has 0 aliphatic heterocycles. The van der Waals surface area contributed by atoms with E-state index in [1.165, 1.54) is 35.0 Å². The molecule has 3 aromatic heterocycles. The molecular weight excluding hydrogens is 440 g/mol. The number of hydrogen-bond donors (Lipinski definition) is 0. The lowest BCUT2D eigenvalue weighted by molar-refractivity contribution is -0.660. The number of pyridine rings is 2. The molecule has 1 aliphatic rings. The number of furan rings is 1. The maximum atomic E-state index is 9.56. The molecule has 0 saturated carbocycles. The summed E-state index contributed by atoms with van der Waals surface area (Å²) in [6.07, 6.45) is 1.23. The first-order valence-corrected chi connectivity index (χ1v) is 11.5. The van der Waals surface area contributed by atoms with Crippen LogP contribution in [0.15, 0.2) is 59.1 Å². The molecule has 3 heteroatoms. The quantitative estimate of drug-likeness (QED) is 0.239.